The van der Waals surface area contributed by atoms with Gasteiger partial charge in [0, 0.05) is 15.1 Å². The molecule has 0 saturated heterocycles. The Morgan fingerprint density at radius 2 is 1.75 bits per heavy atom. The summed E-state index contributed by atoms with van der Waals surface area (Å²) in [6.45, 7) is 0. The van der Waals surface area contributed by atoms with Crippen LogP contribution >= 0.6 is 27.7 Å². The van der Waals surface area contributed by atoms with Crippen molar-refractivity contribution in [2.45, 2.75) is 17.1 Å². The minimum Gasteiger partial charge on any atom is -0.121 e. The van der Waals surface area contributed by atoms with Crippen LogP contribution in [0.1, 0.15) is 16.7 Å². The van der Waals surface area contributed by atoms with E-state index in [0.717, 1.165) is 12.2 Å². The van der Waals surface area contributed by atoms with E-state index >= 15 is 0 Å². The summed E-state index contributed by atoms with van der Waals surface area (Å²) in [7, 11) is 0. The van der Waals surface area contributed by atoms with Gasteiger partial charge in [0.15, 0.2) is 0 Å². The number of fused-ring (bicyclic) bond motifs is 2. The first-order valence-electron chi connectivity index (χ1n) is 5.31. The zero-order valence-electron chi connectivity index (χ0n) is 8.74. The van der Waals surface area contributed by atoms with Crippen LogP contribution in [0.2, 0.25) is 0 Å². The number of benzene rings is 2. The fraction of sp³-hybridized carbons (Fsp3) is 0.143. The summed E-state index contributed by atoms with van der Waals surface area (Å²) in [6.07, 6.45) is 1.04. The molecule has 0 saturated carbocycles. The van der Waals surface area contributed by atoms with Gasteiger partial charge in [-0.25, -0.2) is 0 Å². The van der Waals surface area contributed by atoms with Gasteiger partial charge in [0.2, 0.25) is 0 Å². The molecule has 0 radical (unpaired) electrons. The largest absolute Gasteiger partial charge is 0.121 e. The van der Waals surface area contributed by atoms with E-state index in [-0.39, 0.29) is 0 Å². The Hall–Kier alpha value is -0.730. The normalized spacial score (nSPS) is 13.8. The predicted octanol–water partition coefficient (Wildman–Crippen LogP) is 4.65. The molecule has 1 aliphatic rings. The summed E-state index contributed by atoms with van der Waals surface area (Å²) < 4.78 is 1.23. The van der Waals surface area contributed by atoms with Crippen LogP contribution in [0.25, 0.3) is 0 Å². The van der Waals surface area contributed by atoms with Gasteiger partial charge in [-0.1, -0.05) is 46.3 Å². The van der Waals surface area contributed by atoms with Crippen LogP contribution in [-0.4, -0.2) is 0 Å². The van der Waals surface area contributed by atoms with Crippen molar-refractivity contribution in [2.24, 2.45) is 0 Å². The van der Waals surface area contributed by atoms with Crippen LogP contribution in [0.15, 0.2) is 51.8 Å². The van der Waals surface area contributed by atoms with Crippen molar-refractivity contribution in [3.05, 3.63) is 63.6 Å². The molecule has 2 heteroatoms. The molecule has 2 aromatic rings. The van der Waals surface area contributed by atoms with Crippen LogP contribution in [0.5, 0.6) is 0 Å². The van der Waals surface area contributed by atoms with Crippen molar-refractivity contribution < 1.29 is 0 Å². The second-order valence-electron chi connectivity index (χ2n) is 3.95. The first-order valence-corrected chi connectivity index (χ1v) is 7.09. The fourth-order valence-corrected chi connectivity index (χ4v) is 3.82. The lowest BCUT2D eigenvalue weighted by atomic mass is 10.0. The van der Waals surface area contributed by atoms with Crippen molar-refractivity contribution in [2.75, 3.05) is 0 Å². The molecule has 2 aromatic carbocycles. The van der Waals surface area contributed by atoms with Gasteiger partial charge < -0.3 is 0 Å². The Morgan fingerprint density at radius 3 is 2.62 bits per heavy atom. The standard InChI is InChI=1S/C14H11BrS/c15-13-6-3-7-14-12(13)8-10-4-1-2-5-11(10)9-16-14/h1-7H,8-9H2. The van der Waals surface area contributed by atoms with Crippen LogP contribution in [-0.2, 0) is 12.2 Å². The van der Waals surface area contributed by atoms with Gasteiger partial charge in [-0.05, 0) is 35.2 Å². The van der Waals surface area contributed by atoms with Crippen molar-refractivity contribution in [1.82, 2.24) is 0 Å². The van der Waals surface area contributed by atoms with E-state index in [1.165, 1.54) is 26.1 Å². The lowest BCUT2D eigenvalue weighted by Gasteiger charge is -2.07. The first-order chi connectivity index (χ1) is 7.84. The molecule has 1 heterocycles. The highest BCUT2D eigenvalue weighted by atomic mass is 79.9. The van der Waals surface area contributed by atoms with E-state index in [9.17, 15) is 0 Å². The van der Waals surface area contributed by atoms with Crippen molar-refractivity contribution in [1.29, 1.82) is 0 Å². The SMILES string of the molecule is Brc1cccc2c1Cc1ccccc1CS2. The van der Waals surface area contributed by atoms with E-state index < -0.39 is 0 Å². The van der Waals surface area contributed by atoms with Gasteiger partial charge in [-0.3, -0.25) is 0 Å². The molecule has 0 N–H and O–H groups in total. The van der Waals surface area contributed by atoms with Gasteiger partial charge in [0.1, 0.15) is 0 Å². The first kappa shape index (κ1) is 10.4. The topological polar surface area (TPSA) is 0 Å². The van der Waals surface area contributed by atoms with Gasteiger partial charge in [0.05, 0.1) is 0 Å². The quantitative estimate of drug-likeness (QED) is 0.681. The Bertz CT molecular complexity index is 534. The average Bonchev–Trinajstić information content (AvgIpc) is 2.50. The minimum absolute atomic E-state index is 1.04. The zero-order valence-corrected chi connectivity index (χ0v) is 11.1. The molecule has 80 valence electrons. The third kappa shape index (κ3) is 1.80. The van der Waals surface area contributed by atoms with Crippen LogP contribution < -0.4 is 0 Å². The van der Waals surface area contributed by atoms with Gasteiger partial charge in [0.25, 0.3) is 0 Å². The lowest BCUT2D eigenvalue weighted by Crippen LogP contribution is -1.92. The maximum atomic E-state index is 3.66. The third-order valence-electron chi connectivity index (χ3n) is 2.94. The zero-order chi connectivity index (χ0) is 11.0. The molecule has 1 aliphatic heterocycles. The van der Waals surface area contributed by atoms with Crippen molar-refractivity contribution in [3.8, 4) is 0 Å². The Balaban J connectivity index is 2.13. The third-order valence-corrected chi connectivity index (χ3v) is 4.84. The van der Waals surface area contributed by atoms with E-state index in [2.05, 4.69) is 58.4 Å². The molecule has 0 aliphatic carbocycles. The summed E-state index contributed by atoms with van der Waals surface area (Å²) in [4.78, 5) is 1.41. The molecule has 16 heavy (non-hydrogen) atoms. The Labute approximate surface area is 108 Å². The minimum atomic E-state index is 1.04. The molecular weight excluding hydrogens is 280 g/mol. The fourth-order valence-electron chi connectivity index (χ4n) is 2.06. The summed E-state index contributed by atoms with van der Waals surface area (Å²) in [5.74, 6) is 1.08. The highest BCUT2D eigenvalue weighted by Crippen LogP contribution is 2.36. The number of hydrogen-bond acceptors (Lipinski definition) is 1. The maximum Gasteiger partial charge on any atom is 0.0234 e. The second kappa shape index (κ2) is 4.27. The number of halogens is 1. The molecule has 0 spiro atoms. The molecule has 0 fully saturated rings. The summed E-state index contributed by atoms with van der Waals surface area (Å²) in [6, 6.07) is 15.2. The number of rotatable bonds is 0. The second-order valence-corrected chi connectivity index (χ2v) is 5.82. The van der Waals surface area contributed by atoms with E-state index in [1.807, 2.05) is 11.8 Å². The Kier molecular flexibility index (Phi) is 2.78. The van der Waals surface area contributed by atoms with Gasteiger partial charge >= 0.3 is 0 Å². The molecule has 0 aromatic heterocycles. The van der Waals surface area contributed by atoms with Crippen LogP contribution in [0.4, 0.5) is 0 Å². The highest BCUT2D eigenvalue weighted by molar-refractivity contribution is 9.10. The molecular formula is C14H11BrS. The smallest absolute Gasteiger partial charge is 0.0234 e. The van der Waals surface area contributed by atoms with Gasteiger partial charge in [-0.15, -0.1) is 11.8 Å². The number of thioether (sulfide) groups is 1. The van der Waals surface area contributed by atoms with E-state index in [4.69, 9.17) is 0 Å². The summed E-state index contributed by atoms with van der Waals surface area (Å²) >= 11 is 5.59. The van der Waals surface area contributed by atoms with Gasteiger partial charge in [-0.2, -0.15) is 0 Å². The maximum absolute atomic E-state index is 3.66. The predicted molar refractivity (Wildman–Crippen MR) is 73.0 cm³/mol. The average molecular weight is 291 g/mol. The summed E-state index contributed by atoms with van der Waals surface area (Å²) in [5, 5.41) is 0. The lowest BCUT2D eigenvalue weighted by molar-refractivity contribution is 1.11. The molecule has 0 atom stereocenters. The molecule has 0 amide bonds. The summed E-state index contributed by atoms with van der Waals surface area (Å²) in [5.41, 5.74) is 4.36. The molecule has 3 rings (SSSR count). The van der Waals surface area contributed by atoms with Crippen molar-refractivity contribution in [3.63, 3.8) is 0 Å². The van der Waals surface area contributed by atoms with Crippen molar-refractivity contribution >= 4 is 27.7 Å². The monoisotopic (exact) mass is 290 g/mol. The molecule has 0 nitrogen and oxygen atoms in total. The van der Waals surface area contributed by atoms with Crippen LogP contribution in [0.3, 0.4) is 0 Å². The Morgan fingerprint density at radius 1 is 0.938 bits per heavy atom. The van der Waals surface area contributed by atoms with Crippen LogP contribution in [0, 0.1) is 0 Å². The number of hydrogen-bond donors (Lipinski definition) is 0. The molecule has 0 unspecified atom stereocenters. The van der Waals surface area contributed by atoms with E-state index in [1.54, 1.807) is 0 Å². The highest BCUT2D eigenvalue weighted by Gasteiger charge is 2.14. The molecule has 0 bridgehead atoms. The van der Waals surface area contributed by atoms with E-state index in [0.29, 0.717) is 0 Å².